The molecule has 1 aromatic carbocycles. The van der Waals surface area contributed by atoms with E-state index in [1.54, 1.807) is 11.3 Å². The van der Waals surface area contributed by atoms with Gasteiger partial charge < -0.3 is 4.57 Å². The minimum atomic E-state index is 0.612. The Hall–Kier alpha value is -2.13. The first kappa shape index (κ1) is 15.2. The highest BCUT2D eigenvalue weighted by atomic mass is 15.2. The van der Waals surface area contributed by atoms with Crippen molar-refractivity contribution in [2.45, 2.75) is 51.2 Å². The number of fused-ring (bicyclic) bond motifs is 6. The normalized spacial score (nSPS) is 22.5. The van der Waals surface area contributed by atoms with Crippen LogP contribution in [0.4, 0.5) is 0 Å². The summed E-state index contributed by atoms with van der Waals surface area (Å²) in [4.78, 5) is 7.07. The molecule has 1 fully saturated rings. The molecular weight excluding hydrogens is 306 g/mol. The van der Waals surface area contributed by atoms with Crippen molar-refractivity contribution in [3.63, 3.8) is 0 Å². The highest BCUT2D eigenvalue weighted by Crippen LogP contribution is 2.46. The number of likely N-dealkylation sites (N-methyl/N-ethyl adjacent to an activating group) is 1. The standard InChI is InChI=1S/C22H25N3/c1-15-7-8-16(14-23-15)11-12-25-19-6-4-3-5-18(19)22-20-10-9-17(24(20)2)13-21(22)25/h3-8,14,17,20H,9-13H2,1-2H3/t17-,20+/m1/s1. The van der Waals surface area contributed by atoms with E-state index >= 15 is 0 Å². The molecule has 2 aliphatic rings. The molecule has 3 nitrogen and oxygen atoms in total. The van der Waals surface area contributed by atoms with Gasteiger partial charge in [0.25, 0.3) is 0 Å². The van der Waals surface area contributed by atoms with Crippen LogP contribution in [0.2, 0.25) is 0 Å². The zero-order chi connectivity index (χ0) is 17.0. The highest BCUT2D eigenvalue weighted by molar-refractivity contribution is 5.86. The van der Waals surface area contributed by atoms with Gasteiger partial charge in [-0.1, -0.05) is 24.3 Å². The molecule has 0 radical (unpaired) electrons. The molecule has 128 valence electrons. The number of benzene rings is 1. The number of aromatic nitrogens is 2. The maximum absolute atomic E-state index is 4.46. The second-order valence-electron chi connectivity index (χ2n) is 7.70. The fourth-order valence-electron chi connectivity index (χ4n) is 4.95. The monoisotopic (exact) mass is 331 g/mol. The third kappa shape index (κ3) is 2.33. The lowest BCUT2D eigenvalue weighted by Crippen LogP contribution is -2.34. The van der Waals surface area contributed by atoms with E-state index in [4.69, 9.17) is 0 Å². The van der Waals surface area contributed by atoms with Gasteiger partial charge >= 0.3 is 0 Å². The van der Waals surface area contributed by atoms with Crippen LogP contribution < -0.4 is 0 Å². The van der Waals surface area contributed by atoms with Crippen LogP contribution in [0, 0.1) is 6.92 Å². The van der Waals surface area contributed by atoms with Gasteiger partial charge in [0.1, 0.15) is 0 Å². The van der Waals surface area contributed by atoms with Crippen molar-refractivity contribution in [1.82, 2.24) is 14.5 Å². The summed E-state index contributed by atoms with van der Waals surface area (Å²) < 4.78 is 2.60. The number of nitrogens with zero attached hydrogens (tertiary/aromatic N) is 3. The van der Waals surface area contributed by atoms with E-state index in [1.165, 1.54) is 35.7 Å². The molecule has 3 heteroatoms. The highest BCUT2D eigenvalue weighted by Gasteiger charge is 2.40. The minimum absolute atomic E-state index is 0.612. The van der Waals surface area contributed by atoms with Gasteiger partial charge in [-0.15, -0.1) is 0 Å². The van der Waals surface area contributed by atoms with E-state index in [0.717, 1.165) is 24.7 Å². The van der Waals surface area contributed by atoms with Gasteiger partial charge in [-0.3, -0.25) is 9.88 Å². The largest absolute Gasteiger partial charge is 0.344 e. The van der Waals surface area contributed by atoms with E-state index < -0.39 is 0 Å². The molecule has 4 heterocycles. The second-order valence-corrected chi connectivity index (χ2v) is 7.70. The van der Waals surface area contributed by atoms with Gasteiger partial charge in [0.15, 0.2) is 0 Å². The van der Waals surface area contributed by atoms with Crippen LogP contribution in [0.5, 0.6) is 0 Å². The zero-order valence-electron chi connectivity index (χ0n) is 15.1. The first-order valence-corrected chi connectivity index (χ1v) is 9.46. The van der Waals surface area contributed by atoms with E-state index in [2.05, 4.69) is 57.9 Å². The number of pyridine rings is 1. The average molecular weight is 331 g/mol. The third-order valence-corrected chi connectivity index (χ3v) is 6.32. The van der Waals surface area contributed by atoms with Crippen LogP contribution in [0.15, 0.2) is 42.6 Å². The molecule has 2 aromatic heterocycles. The van der Waals surface area contributed by atoms with Crippen LogP contribution >= 0.6 is 0 Å². The lowest BCUT2D eigenvalue weighted by Gasteiger charge is -2.32. The summed E-state index contributed by atoms with van der Waals surface area (Å²) >= 11 is 0. The summed E-state index contributed by atoms with van der Waals surface area (Å²) in [6.07, 6.45) is 6.92. The number of hydrogen-bond acceptors (Lipinski definition) is 2. The van der Waals surface area contributed by atoms with E-state index in [-0.39, 0.29) is 0 Å². The first-order chi connectivity index (χ1) is 12.2. The zero-order valence-corrected chi connectivity index (χ0v) is 15.1. The van der Waals surface area contributed by atoms with E-state index in [9.17, 15) is 0 Å². The quantitative estimate of drug-likeness (QED) is 0.714. The molecule has 1 saturated heterocycles. The second kappa shape index (κ2) is 5.70. The van der Waals surface area contributed by atoms with Crippen molar-refractivity contribution in [2.24, 2.45) is 0 Å². The number of para-hydroxylation sites is 1. The minimum Gasteiger partial charge on any atom is -0.344 e. The molecule has 0 saturated carbocycles. The summed E-state index contributed by atoms with van der Waals surface area (Å²) in [5, 5.41) is 1.47. The average Bonchev–Trinajstić information content (AvgIpc) is 3.05. The van der Waals surface area contributed by atoms with Crippen molar-refractivity contribution < 1.29 is 0 Å². The fourth-order valence-corrected chi connectivity index (χ4v) is 4.95. The molecule has 0 unspecified atom stereocenters. The van der Waals surface area contributed by atoms with Crippen LogP contribution in [-0.4, -0.2) is 27.5 Å². The van der Waals surface area contributed by atoms with Crippen molar-refractivity contribution in [1.29, 1.82) is 0 Å². The summed E-state index contributed by atoms with van der Waals surface area (Å²) in [5.74, 6) is 0. The summed E-state index contributed by atoms with van der Waals surface area (Å²) in [7, 11) is 2.31. The van der Waals surface area contributed by atoms with Gasteiger partial charge in [0.2, 0.25) is 0 Å². The Labute approximate surface area is 149 Å². The van der Waals surface area contributed by atoms with E-state index in [0.29, 0.717) is 6.04 Å². The van der Waals surface area contributed by atoms with Crippen molar-refractivity contribution >= 4 is 10.9 Å². The topological polar surface area (TPSA) is 21.1 Å². The van der Waals surface area contributed by atoms with Crippen molar-refractivity contribution in [2.75, 3.05) is 7.05 Å². The number of aryl methyl sites for hydroxylation is 3. The van der Waals surface area contributed by atoms with Crippen molar-refractivity contribution in [3.05, 3.63) is 65.1 Å². The SMILES string of the molecule is Cc1ccc(CCn2c3c(c4ccccc42)[C@@H]2CC[C@H](C3)N2C)cn1. The molecule has 0 aliphatic carbocycles. The molecule has 5 rings (SSSR count). The van der Waals surface area contributed by atoms with Gasteiger partial charge in [-0.25, -0.2) is 0 Å². The lowest BCUT2D eigenvalue weighted by atomic mass is 9.97. The first-order valence-electron chi connectivity index (χ1n) is 9.46. The van der Waals surface area contributed by atoms with Crippen LogP contribution in [0.25, 0.3) is 10.9 Å². The van der Waals surface area contributed by atoms with Crippen LogP contribution in [0.1, 0.15) is 41.4 Å². The Bertz CT molecular complexity index is 922. The fraction of sp³-hybridized carbons (Fsp3) is 0.409. The maximum atomic E-state index is 4.46. The molecular formula is C22H25N3. The van der Waals surface area contributed by atoms with Crippen LogP contribution in [0.3, 0.4) is 0 Å². The summed E-state index contributed by atoms with van der Waals surface area (Å²) in [6.45, 7) is 3.09. The summed E-state index contributed by atoms with van der Waals surface area (Å²) in [5.41, 5.74) is 7.02. The molecule has 0 N–H and O–H groups in total. The smallest absolute Gasteiger partial charge is 0.0486 e. The third-order valence-electron chi connectivity index (χ3n) is 6.32. The number of rotatable bonds is 3. The molecule has 25 heavy (non-hydrogen) atoms. The van der Waals surface area contributed by atoms with Gasteiger partial charge in [0, 0.05) is 53.5 Å². The lowest BCUT2D eigenvalue weighted by molar-refractivity contribution is 0.222. The Balaban J connectivity index is 1.57. The predicted molar refractivity (Wildman–Crippen MR) is 102 cm³/mol. The Kier molecular flexibility index (Phi) is 3.46. The number of hydrogen-bond donors (Lipinski definition) is 0. The maximum Gasteiger partial charge on any atom is 0.0486 e. The molecule has 0 spiro atoms. The molecule has 2 bridgehead atoms. The molecule has 3 aromatic rings. The Morgan fingerprint density at radius 1 is 1.12 bits per heavy atom. The van der Waals surface area contributed by atoms with Gasteiger partial charge in [0.05, 0.1) is 0 Å². The van der Waals surface area contributed by atoms with Crippen molar-refractivity contribution in [3.8, 4) is 0 Å². The van der Waals surface area contributed by atoms with Gasteiger partial charge in [-0.05, 0) is 56.5 Å². The Morgan fingerprint density at radius 2 is 2.00 bits per heavy atom. The molecule has 2 atom stereocenters. The Morgan fingerprint density at radius 3 is 2.84 bits per heavy atom. The van der Waals surface area contributed by atoms with E-state index in [1.807, 2.05) is 13.1 Å². The van der Waals surface area contributed by atoms with Gasteiger partial charge in [-0.2, -0.15) is 0 Å². The van der Waals surface area contributed by atoms with Crippen LogP contribution in [-0.2, 0) is 19.4 Å². The predicted octanol–water partition coefficient (Wildman–Crippen LogP) is 4.28. The molecule has 2 aliphatic heterocycles. The molecule has 0 amide bonds. The summed E-state index contributed by atoms with van der Waals surface area (Å²) in [6, 6.07) is 14.7.